The van der Waals surface area contributed by atoms with Crippen LogP contribution in [0.3, 0.4) is 0 Å². The minimum absolute atomic E-state index is 0.0660. The number of amides is 1. The SMILES string of the molecule is O=C(Nc1ccc(-c2nc3ccccc3n2C(F)F)cc1)C1Cc2ccccc2S1. The predicted molar refractivity (Wildman–Crippen MR) is 115 cm³/mol. The summed E-state index contributed by atoms with van der Waals surface area (Å²) in [7, 11) is 0. The standard InChI is InChI=1S/C23H17F2N3OS/c24-23(25)28-18-7-3-2-6-17(18)27-21(28)14-9-11-16(12-10-14)26-22(29)20-13-15-5-1-4-8-19(15)30-20/h1-12,20,23H,13H2,(H,26,29). The molecule has 1 atom stereocenters. The van der Waals surface area contributed by atoms with E-state index < -0.39 is 6.55 Å². The minimum atomic E-state index is -2.70. The van der Waals surface area contributed by atoms with Crippen molar-refractivity contribution in [3.8, 4) is 11.4 Å². The number of anilines is 1. The van der Waals surface area contributed by atoms with Crippen LogP contribution in [0.1, 0.15) is 12.1 Å². The third-order valence-corrected chi connectivity index (χ3v) is 6.46. The predicted octanol–water partition coefficient (Wildman–Crippen LogP) is 5.75. The van der Waals surface area contributed by atoms with Gasteiger partial charge in [0.05, 0.1) is 16.3 Å². The molecule has 4 aromatic rings. The van der Waals surface area contributed by atoms with Crippen molar-refractivity contribution >= 4 is 34.4 Å². The third-order valence-electron chi connectivity index (χ3n) is 5.14. The van der Waals surface area contributed by atoms with E-state index >= 15 is 0 Å². The van der Waals surface area contributed by atoms with E-state index in [1.165, 1.54) is 5.56 Å². The van der Waals surface area contributed by atoms with E-state index in [9.17, 15) is 13.6 Å². The van der Waals surface area contributed by atoms with Gasteiger partial charge in [0, 0.05) is 16.1 Å². The number of imidazole rings is 1. The Balaban J connectivity index is 1.36. The number of thioether (sulfide) groups is 1. The summed E-state index contributed by atoms with van der Waals surface area (Å²) < 4.78 is 28.3. The molecule has 0 aliphatic carbocycles. The molecule has 0 saturated carbocycles. The van der Waals surface area contributed by atoms with Crippen LogP contribution in [-0.4, -0.2) is 20.7 Å². The molecule has 3 aromatic carbocycles. The van der Waals surface area contributed by atoms with Crippen LogP contribution in [0.15, 0.2) is 77.7 Å². The average molecular weight is 421 g/mol. The number of carbonyl (C=O) groups excluding carboxylic acids is 1. The molecule has 1 unspecified atom stereocenters. The van der Waals surface area contributed by atoms with Gasteiger partial charge in [0.25, 0.3) is 0 Å². The number of fused-ring (bicyclic) bond motifs is 2. The van der Waals surface area contributed by atoms with Gasteiger partial charge < -0.3 is 5.32 Å². The lowest BCUT2D eigenvalue weighted by atomic mass is 10.1. The first-order valence-electron chi connectivity index (χ1n) is 9.51. The van der Waals surface area contributed by atoms with Gasteiger partial charge in [-0.25, -0.2) is 4.98 Å². The molecule has 5 rings (SSSR count). The quantitative estimate of drug-likeness (QED) is 0.456. The van der Waals surface area contributed by atoms with Gasteiger partial charge in [-0.15, -0.1) is 11.8 Å². The van der Waals surface area contributed by atoms with Crippen molar-refractivity contribution in [1.29, 1.82) is 0 Å². The number of halogens is 2. The molecule has 0 spiro atoms. The molecule has 2 heterocycles. The van der Waals surface area contributed by atoms with Crippen molar-refractivity contribution < 1.29 is 13.6 Å². The smallest absolute Gasteiger partial charge is 0.320 e. The zero-order valence-corrected chi connectivity index (χ0v) is 16.6. The maximum atomic E-state index is 13.7. The van der Waals surface area contributed by atoms with Crippen molar-refractivity contribution in [2.24, 2.45) is 0 Å². The molecular weight excluding hydrogens is 404 g/mol. The summed E-state index contributed by atoms with van der Waals surface area (Å²) in [5, 5.41) is 2.75. The lowest BCUT2D eigenvalue weighted by molar-refractivity contribution is -0.115. The van der Waals surface area contributed by atoms with Crippen molar-refractivity contribution in [1.82, 2.24) is 9.55 Å². The van der Waals surface area contributed by atoms with Crippen LogP contribution in [0.2, 0.25) is 0 Å². The summed E-state index contributed by atoms with van der Waals surface area (Å²) >= 11 is 1.56. The number of aromatic nitrogens is 2. The minimum Gasteiger partial charge on any atom is -0.325 e. The number of alkyl halides is 2. The van der Waals surface area contributed by atoms with Gasteiger partial charge in [0.1, 0.15) is 5.82 Å². The molecule has 1 amide bonds. The van der Waals surface area contributed by atoms with Gasteiger partial charge in [0.2, 0.25) is 5.91 Å². The normalized spacial score (nSPS) is 15.5. The Labute approximate surface area is 175 Å². The van der Waals surface area contributed by atoms with Crippen LogP contribution in [0.25, 0.3) is 22.4 Å². The maximum absolute atomic E-state index is 13.7. The van der Waals surface area contributed by atoms with Gasteiger partial charge in [-0.1, -0.05) is 30.3 Å². The van der Waals surface area contributed by atoms with Crippen LogP contribution in [0, 0.1) is 0 Å². The molecule has 0 saturated heterocycles. The summed E-state index contributed by atoms with van der Waals surface area (Å²) in [5.74, 6) is 0.134. The topological polar surface area (TPSA) is 46.9 Å². The third kappa shape index (κ3) is 3.35. The van der Waals surface area contributed by atoms with E-state index in [4.69, 9.17) is 0 Å². The fourth-order valence-electron chi connectivity index (χ4n) is 3.70. The molecule has 1 aliphatic heterocycles. The van der Waals surface area contributed by atoms with Gasteiger partial charge >= 0.3 is 6.55 Å². The Bertz CT molecular complexity index is 1210. The highest BCUT2D eigenvalue weighted by atomic mass is 32.2. The summed E-state index contributed by atoms with van der Waals surface area (Å²) in [6, 6.07) is 21.7. The number of rotatable bonds is 4. The van der Waals surface area contributed by atoms with Gasteiger partial charge in [-0.2, -0.15) is 8.78 Å². The Morgan fingerprint density at radius 1 is 1.03 bits per heavy atom. The Morgan fingerprint density at radius 3 is 2.53 bits per heavy atom. The van der Waals surface area contributed by atoms with Crippen molar-refractivity contribution in [3.63, 3.8) is 0 Å². The number of carbonyl (C=O) groups is 1. The highest BCUT2D eigenvalue weighted by Crippen LogP contribution is 2.37. The van der Waals surface area contributed by atoms with Crippen LogP contribution < -0.4 is 5.32 Å². The molecule has 0 fully saturated rings. The average Bonchev–Trinajstić information content (AvgIpc) is 3.36. The summed E-state index contributed by atoms with van der Waals surface area (Å²) in [5.41, 5.74) is 3.27. The van der Waals surface area contributed by atoms with Gasteiger partial charge in [0.15, 0.2) is 0 Å². The highest BCUT2D eigenvalue weighted by Gasteiger charge is 2.28. The van der Waals surface area contributed by atoms with Crippen molar-refractivity contribution in [2.45, 2.75) is 23.1 Å². The first kappa shape index (κ1) is 18.8. The Hall–Kier alpha value is -3.19. The second-order valence-electron chi connectivity index (χ2n) is 7.06. The zero-order valence-electron chi connectivity index (χ0n) is 15.8. The maximum Gasteiger partial charge on any atom is 0.320 e. The first-order chi connectivity index (χ1) is 14.6. The largest absolute Gasteiger partial charge is 0.325 e. The molecule has 150 valence electrons. The molecule has 30 heavy (non-hydrogen) atoms. The van der Waals surface area contributed by atoms with Crippen LogP contribution in [0.4, 0.5) is 14.5 Å². The lowest BCUT2D eigenvalue weighted by Crippen LogP contribution is -2.24. The van der Waals surface area contributed by atoms with E-state index in [2.05, 4.69) is 10.3 Å². The molecule has 7 heteroatoms. The van der Waals surface area contributed by atoms with Gasteiger partial charge in [-0.3, -0.25) is 9.36 Å². The number of benzene rings is 3. The van der Waals surface area contributed by atoms with E-state index in [1.807, 2.05) is 24.3 Å². The Kier molecular flexibility index (Phi) is 4.75. The first-order valence-corrected chi connectivity index (χ1v) is 10.4. The molecule has 4 nitrogen and oxygen atoms in total. The van der Waals surface area contributed by atoms with E-state index in [1.54, 1.807) is 60.3 Å². The summed E-state index contributed by atoms with van der Waals surface area (Å²) in [4.78, 5) is 18.2. The van der Waals surface area contributed by atoms with Crippen LogP contribution in [0.5, 0.6) is 0 Å². The fourth-order valence-corrected chi connectivity index (χ4v) is 4.89. The lowest BCUT2D eigenvalue weighted by Gasteiger charge is -2.11. The zero-order chi connectivity index (χ0) is 20.7. The van der Waals surface area contributed by atoms with E-state index in [0.29, 0.717) is 28.7 Å². The second-order valence-corrected chi connectivity index (χ2v) is 8.30. The van der Waals surface area contributed by atoms with E-state index in [-0.39, 0.29) is 17.0 Å². The van der Waals surface area contributed by atoms with Gasteiger partial charge in [-0.05, 0) is 54.4 Å². The number of hydrogen-bond acceptors (Lipinski definition) is 3. The number of hydrogen-bond donors (Lipinski definition) is 1. The molecule has 1 aromatic heterocycles. The molecule has 1 N–H and O–H groups in total. The van der Waals surface area contributed by atoms with Crippen LogP contribution in [-0.2, 0) is 11.2 Å². The molecule has 0 radical (unpaired) electrons. The summed E-state index contributed by atoms with van der Waals surface area (Å²) in [6.45, 7) is -2.70. The number of nitrogens with one attached hydrogen (secondary N) is 1. The molecule has 1 aliphatic rings. The second kappa shape index (κ2) is 7.57. The highest BCUT2D eigenvalue weighted by molar-refractivity contribution is 8.01. The monoisotopic (exact) mass is 421 g/mol. The fraction of sp³-hybridized carbons (Fsp3) is 0.130. The Morgan fingerprint density at radius 2 is 1.77 bits per heavy atom. The van der Waals surface area contributed by atoms with Crippen molar-refractivity contribution in [3.05, 3.63) is 78.4 Å². The van der Waals surface area contributed by atoms with E-state index in [0.717, 1.165) is 9.46 Å². The number of nitrogens with zero attached hydrogens (tertiary/aromatic N) is 2. The van der Waals surface area contributed by atoms with Crippen molar-refractivity contribution in [2.75, 3.05) is 5.32 Å². The van der Waals surface area contributed by atoms with Crippen LogP contribution >= 0.6 is 11.8 Å². The molecular formula is C23H17F2N3OS. The molecule has 0 bridgehead atoms. The number of para-hydroxylation sites is 2. The summed E-state index contributed by atoms with van der Waals surface area (Å²) in [6.07, 6.45) is 0.698.